The largest absolute Gasteiger partial charge is 0.416 e. The topological polar surface area (TPSA) is 38.0 Å². The van der Waals surface area contributed by atoms with Gasteiger partial charge < -0.3 is 5.43 Å². The van der Waals surface area contributed by atoms with E-state index in [-0.39, 0.29) is 23.1 Å². The molecule has 14 heavy (non-hydrogen) atoms. The van der Waals surface area contributed by atoms with Crippen LogP contribution < -0.4 is 11.3 Å². The highest BCUT2D eigenvalue weighted by Crippen LogP contribution is 2.33. The van der Waals surface area contributed by atoms with Crippen molar-refractivity contribution < 1.29 is 13.2 Å². The number of benzene rings is 1. The number of hydrogen-bond donors (Lipinski definition) is 2. The number of nitrogen functional groups attached to an aromatic ring is 1. The predicted molar refractivity (Wildman–Crippen MR) is 51.5 cm³/mol. The zero-order valence-electron chi connectivity index (χ0n) is 6.73. The molecule has 0 saturated carbocycles. The number of nitrogens with two attached hydrogens (primary N) is 1. The first-order valence-corrected chi connectivity index (χ1v) is 3.66. The molecule has 0 aliphatic rings. The maximum Gasteiger partial charge on any atom is 0.416 e. The molecular formula is C7H7Cl2F3N2. The van der Waals surface area contributed by atoms with E-state index in [2.05, 4.69) is 5.43 Å². The molecule has 0 aliphatic carbocycles. The summed E-state index contributed by atoms with van der Waals surface area (Å²) >= 11 is 5.54. The SMILES string of the molecule is Cl.NNc1cc(C(F)(F)F)ccc1Cl. The number of hydrazine groups is 1. The predicted octanol–water partition coefficient (Wildman–Crippen LogP) is 3.07. The molecule has 0 saturated heterocycles. The molecule has 2 nitrogen and oxygen atoms in total. The van der Waals surface area contributed by atoms with E-state index in [9.17, 15) is 13.2 Å². The molecule has 7 heteroatoms. The average Bonchev–Trinajstić information content (AvgIpc) is 2.03. The van der Waals surface area contributed by atoms with Crippen molar-refractivity contribution in [1.29, 1.82) is 0 Å². The van der Waals surface area contributed by atoms with Crippen LogP contribution in [0.4, 0.5) is 18.9 Å². The molecular weight excluding hydrogens is 240 g/mol. The fourth-order valence-corrected chi connectivity index (χ4v) is 0.984. The van der Waals surface area contributed by atoms with Crippen LogP contribution in [0, 0.1) is 0 Å². The van der Waals surface area contributed by atoms with Gasteiger partial charge in [0.05, 0.1) is 16.3 Å². The van der Waals surface area contributed by atoms with Gasteiger partial charge in [0, 0.05) is 0 Å². The first-order valence-electron chi connectivity index (χ1n) is 3.28. The first-order chi connectivity index (χ1) is 5.95. The van der Waals surface area contributed by atoms with Crippen LogP contribution in [0.15, 0.2) is 18.2 Å². The Morgan fingerprint density at radius 2 is 1.86 bits per heavy atom. The molecule has 0 spiro atoms. The van der Waals surface area contributed by atoms with E-state index in [0.717, 1.165) is 18.2 Å². The lowest BCUT2D eigenvalue weighted by Gasteiger charge is -2.09. The molecule has 0 bridgehead atoms. The number of anilines is 1. The van der Waals surface area contributed by atoms with Gasteiger partial charge in [-0.15, -0.1) is 12.4 Å². The van der Waals surface area contributed by atoms with E-state index in [0.29, 0.717) is 0 Å². The van der Waals surface area contributed by atoms with E-state index in [1.165, 1.54) is 0 Å². The molecule has 1 aromatic rings. The Morgan fingerprint density at radius 3 is 2.29 bits per heavy atom. The zero-order chi connectivity index (χ0) is 10.1. The van der Waals surface area contributed by atoms with E-state index in [1.807, 2.05) is 0 Å². The summed E-state index contributed by atoms with van der Waals surface area (Å²) < 4.78 is 36.4. The second-order valence-corrected chi connectivity index (χ2v) is 2.74. The van der Waals surface area contributed by atoms with Crippen LogP contribution in [0.3, 0.4) is 0 Å². The van der Waals surface area contributed by atoms with Crippen molar-refractivity contribution >= 4 is 29.7 Å². The van der Waals surface area contributed by atoms with Gasteiger partial charge in [-0.3, -0.25) is 5.84 Å². The summed E-state index contributed by atoms with van der Waals surface area (Å²) in [6, 6.07) is 2.88. The Hall–Kier alpha value is -0.650. The second-order valence-electron chi connectivity index (χ2n) is 2.34. The molecule has 0 heterocycles. The molecule has 3 N–H and O–H groups in total. The third-order valence-corrected chi connectivity index (χ3v) is 1.78. The van der Waals surface area contributed by atoms with E-state index < -0.39 is 11.7 Å². The maximum atomic E-state index is 12.1. The van der Waals surface area contributed by atoms with Crippen molar-refractivity contribution in [3.8, 4) is 0 Å². The summed E-state index contributed by atoms with van der Waals surface area (Å²) in [6.07, 6.45) is -4.38. The normalized spacial score (nSPS) is 10.6. The number of alkyl halides is 3. The molecule has 0 atom stereocenters. The highest BCUT2D eigenvalue weighted by molar-refractivity contribution is 6.33. The monoisotopic (exact) mass is 246 g/mol. The molecule has 80 valence electrons. The van der Waals surface area contributed by atoms with Crippen molar-refractivity contribution in [2.45, 2.75) is 6.18 Å². The summed E-state index contributed by atoms with van der Waals surface area (Å²) in [5.74, 6) is 4.96. The third kappa shape index (κ3) is 2.94. The Morgan fingerprint density at radius 1 is 1.29 bits per heavy atom. The lowest BCUT2D eigenvalue weighted by Crippen LogP contribution is -2.10. The molecule has 0 aliphatic heterocycles. The second kappa shape index (κ2) is 4.72. The van der Waals surface area contributed by atoms with Crippen molar-refractivity contribution in [2.75, 3.05) is 5.43 Å². The van der Waals surface area contributed by atoms with Gasteiger partial charge in [0.15, 0.2) is 0 Å². The van der Waals surface area contributed by atoms with E-state index in [4.69, 9.17) is 17.4 Å². The minimum absolute atomic E-state index is 0. The molecule has 0 aromatic heterocycles. The van der Waals surface area contributed by atoms with Crippen LogP contribution >= 0.6 is 24.0 Å². The number of rotatable bonds is 1. The Bertz CT molecular complexity index is 314. The number of halogens is 5. The van der Waals surface area contributed by atoms with Crippen LogP contribution in [-0.2, 0) is 6.18 Å². The van der Waals surface area contributed by atoms with Crippen LogP contribution in [0.2, 0.25) is 5.02 Å². The van der Waals surface area contributed by atoms with Crippen molar-refractivity contribution in [3.63, 3.8) is 0 Å². The fourth-order valence-electron chi connectivity index (χ4n) is 0.812. The van der Waals surface area contributed by atoms with Crippen molar-refractivity contribution in [3.05, 3.63) is 28.8 Å². The zero-order valence-corrected chi connectivity index (χ0v) is 8.30. The highest BCUT2D eigenvalue weighted by Gasteiger charge is 2.30. The molecule has 0 amide bonds. The van der Waals surface area contributed by atoms with Gasteiger partial charge in [0.2, 0.25) is 0 Å². The molecule has 1 rings (SSSR count). The molecule has 0 radical (unpaired) electrons. The van der Waals surface area contributed by atoms with Crippen molar-refractivity contribution in [1.82, 2.24) is 0 Å². The molecule has 1 aromatic carbocycles. The summed E-state index contributed by atoms with van der Waals surface area (Å²) in [7, 11) is 0. The first kappa shape index (κ1) is 13.4. The third-order valence-electron chi connectivity index (χ3n) is 1.45. The Balaban J connectivity index is 0.00000169. The van der Waals surface area contributed by atoms with Crippen LogP contribution in [0.1, 0.15) is 5.56 Å². The van der Waals surface area contributed by atoms with E-state index in [1.54, 1.807) is 0 Å². The molecule has 0 unspecified atom stereocenters. The van der Waals surface area contributed by atoms with E-state index >= 15 is 0 Å². The van der Waals surface area contributed by atoms with Gasteiger partial charge in [0.1, 0.15) is 0 Å². The number of nitrogens with one attached hydrogen (secondary N) is 1. The van der Waals surface area contributed by atoms with Crippen LogP contribution in [-0.4, -0.2) is 0 Å². The van der Waals surface area contributed by atoms with Gasteiger partial charge in [0.25, 0.3) is 0 Å². The van der Waals surface area contributed by atoms with Gasteiger partial charge in [-0.2, -0.15) is 13.2 Å². The van der Waals surface area contributed by atoms with Gasteiger partial charge >= 0.3 is 6.18 Å². The van der Waals surface area contributed by atoms with Gasteiger partial charge in [-0.05, 0) is 18.2 Å². The summed E-state index contributed by atoms with van der Waals surface area (Å²) in [4.78, 5) is 0. The minimum atomic E-state index is -4.38. The minimum Gasteiger partial charge on any atom is -0.323 e. The maximum absolute atomic E-state index is 12.1. The van der Waals surface area contributed by atoms with Gasteiger partial charge in [-0.1, -0.05) is 11.6 Å². The smallest absolute Gasteiger partial charge is 0.323 e. The summed E-state index contributed by atoms with van der Waals surface area (Å²) in [6.45, 7) is 0. The lowest BCUT2D eigenvalue weighted by molar-refractivity contribution is -0.137. The Labute approximate surface area is 89.6 Å². The Kier molecular flexibility index (Phi) is 4.51. The fraction of sp³-hybridized carbons (Fsp3) is 0.143. The van der Waals surface area contributed by atoms with Gasteiger partial charge in [-0.25, -0.2) is 0 Å². The summed E-state index contributed by atoms with van der Waals surface area (Å²) in [5.41, 5.74) is 1.34. The van der Waals surface area contributed by atoms with Crippen LogP contribution in [0.5, 0.6) is 0 Å². The van der Waals surface area contributed by atoms with Crippen molar-refractivity contribution in [2.24, 2.45) is 5.84 Å². The highest BCUT2D eigenvalue weighted by atomic mass is 35.5. The number of hydrogen-bond acceptors (Lipinski definition) is 2. The average molecular weight is 247 g/mol. The van der Waals surface area contributed by atoms with Crippen LogP contribution in [0.25, 0.3) is 0 Å². The summed E-state index contributed by atoms with van der Waals surface area (Å²) in [5, 5.41) is 0.149. The lowest BCUT2D eigenvalue weighted by atomic mass is 10.2. The standard InChI is InChI=1S/C7H6ClF3N2.ClH/c8-5-2-1-4(7(9,10)11)3-6(5)13-12;/h1-3,13H,12H2;1H. The molecule has 0 fully saturated rings. The quantitative estimate of drug-likeness (QED) is 0.591.